The molecule has 0 aliphatic carbocycles. The normalized spacial score (nSPS) is 10.3. The summed E-state index contributed by atoms with van der Waals surface area (Å²) in [6.07, 6.45) is 1.59. The van der Waals surface area contributed by atoms with Crippen LogP contribution in [0.15, 0.2) is 54.6 Å². The fourth-order valence-electron chi connectivity index (χ4n) is 2.23. The Balaban J connectivity index is 2.04. The van der Waals surface area contributed by atoms with Crippen molar-refractivity contribution in [3.05, 3.63) is 71.3 Å². The molecule has 0 aliphatic rings. The largest absolute Gasteiger partial charge is 0.385 e. The summed E-state index contributed by atoms with van der Waals surface area (Å²) >= 11 is 0. The molecule has 2 rings (SSSR count). The van der Waals surface area contributed by atoms with Gasteiger partial charge in [-0.1, -0.05) is 48.5 Å². The van der Waals surface area contributed by atoms with Crippen molar-refractivity contribution >= 4 is 5.91 Å². The summed E-state index contributed by atoms with van der Waals surface area (Å²) in [5.74, 6) is -0.0161. The zero-order valence-corrected chi connectivity index (χ0v) is 12.3. The van der Waals surface area contributed by atoms with Gasteiger partial charge in [-0.25, -0.2) is 0 Å². The number of rotatable bonds is 7. The van der Waals surface area contributed by atoms with Gasteiger partial charge in [-0.3, -0.25) is 4.79 Å². The molecule has 2 aromatic carbocycles. The topological polar surface area (TPSA) is 38.3 Å². The van der Waals surface area contributed by atoms with Crippen LogP contribution in [0.5, 0.6) is 0 Å². The van der Waals surface area contributed by atoms with E-state index in [2.05, 4.69) is 17.4 Å². The highest BCUT2D eigenvalue weighted by molar-refractivity contribution is 5.95. The van der Waals surface area contributed by atoms with E-state index in [1.807, 2.05) is 42.5 Å². The minimum Gasteiger partial charge on any atom is -0.385 e. The third-order valence-corrected chi connectivity index (χ3v) is 3.31. The van der Waals surface area contributed by atoms with Crippen LogP contribution in [0.4, 0.5) is 0 Å². The summed E-state index contributed by atoms with van der Waals surface area (Å²) in [4.78, 5) is 12.3. The van der Waals surface area contributed by atoms with Crippen LogP contribution in [0.25, 0.3) is 0 Å². The van der Waals surface area contributed by atoms with Crippen molar-refractivity contribution in [2.75, 3.05) is 20.3 Å². The Hall–Kier alpha value is -2.13. The standard InChI is InChI=1S/C18H21NO2/c1-21-13-7-12-19-18(20)17-11-6-5-10-16(17)14-15-8-3-2-4-9-15/h2-6,8-11H,7,12-14H2,1H3,(H,19,20). The first kappa shape index (κ1) is 15.3. The average molecular weight is 283 g/mol. The first-order valence-electron chi connectivity index (χ1n) is 7.20. The van der Waals surface area contributed by atoms with E-state index in [9.17, 15) is 4.79 Å². The van der Waals surface area contributed by atoms with Gasteiger partial charge in [-0.15, -0.1) is 0 Å². The molecule has 1 N–H and O–H groups in total. The second-order valence-electron chi connectivity index (χ2n) is 4.92. The summed E-state index contributed by atoms with van der Waals surface area (Å²) in [7, 11) is 1.66. The lowest BCUT2D eigenvalue weighted by Gasteiger charge is -2.10. The van der Waals surface area contributed by atoms with Crippen molar-refractivity contribution < 1.29 is 9.53 Å². The van der Waals surface area contributed by atoms with Gasteiger partial charge in [0.05, 0.1) is 0 Å². The smallest absolute Gasteiger partial charge is 0.251 e. The molecular weight excluding hydrogens is 262 g/mol. The summed E-state index contributed by atoms with van der Waals surface area (Å²) in [5, 5.41) is 2.94. The van der Waals surface area contributed by atoms with Crippen molar-refractivity contribution in [3.8, 4) is 0 Å². The predicted octanol–water partition coefficient (Wildman–Crippen LogP) is 3.04. The third-order valence-electron chi connectivity index (χ3n) is 3.31. The Morgan fingerprint density at radius 2 is 1.76 bits per heavy atom. The number of benzene rings is 2. The minimum atomic E-state index is -0.0161. The molecule has 3 heteroatoms. The van der Waals surface area contributed by atoms with E-state index >= 15 is 0 Å². The van der Waals surface area contributed by atoms with Crippen LogP contribution in [0.3, 0.4) is 0 Å². The van der Waals surface area contributed by atoms with Gasteiger partial charge >= 0.3 is 0 Å². The molecule has 0 saturated carbocycles. The van der Waals surface area contributed by atoms with Gasteiger partial charge in [0.2, 0.25) is 0 Å². The van der Waals surface area contributed by atoms with Crippen LogP contribution < -0.4 is 5.32 Å². The minimum absolute atomic E-state index is 0.0161. The van der Waals surface area contributed by atoms with Crippen LogP contribution in [0, 0.1) is 0 Å². The van der Waals surface area contributed by atoms with Crippen LogP contribution in [0.2, 0.25) is 0 Å². The van der Waals surface area contributed by atoms with Crippen molar-refractivity contribution in [1.82, 2.24) is 5.32 Å². The predicted molar refractivity (Wildman–Crippen MR) is 84.5 cm³/mol. The summed E-state index contributed by atoms with van der Waals surface area (Å²) in [6.45, 7) is 1.29. The van der Waals surface area contributed by atoms with Crippen LogP contribution >= 0.6 is 0 Å². The van der Waals surface area contributed by atoms with Crippen LogP contribution in [0.1, 0.15) is 27.9 Å². The zero-order valence-electron chi connectivity index (χ0n) is 12.3. The van der Waals surface area contributed by atoms with E-state index in [4.69, 9.17) is 4.74 Å². The Labute approximate surface area is 126 Å². The molecule has 0 saturated heterocycles. The van der Waals surface area contributed by atoms with Gasteiger partial charge in [-0.2, -0.15) is 0 Å². The SMILES string of the molecule is COCCCNC(=O)c1ccccc1Cc1ccccc1. The van der Waals surface area contributed by atoms with E-state index in [-0.39, 0.29) is 5.91 Å². The quantitative estimate of drug-likeness (QED) is 0.793. The number of hydrogen-bond acceptors (Lipinski definition) is 2. The highest BCUT2D eigenvalue weighted by Gasteiger charge is 2.10. The summed E-state index contributed by atoms with van der Waals surface area (Å²) in [6, 6.07) is 17.9. The second-order valence-corrected chi connectivity index (χ2v) is 4.92. The molecule has 0 bridgehead atoms. The molecule has 0 aromatic heterocycles. The van der Waals surface area contributed by atoms with Crippen LogP contribution in [-0.2, 0) is 11.2 Å². The third kappa shape index (κ3) is 4.72. The number of ether oxygens (including phenoxy) is 1. The lowest BCUT2D eigenvalue weighted by Crippen LogP contribution is -2.26. The molecule has 0 aliphatic heterocycles. The Kier molecular flexibility index (Phi) is 5.98. The molecule has 0 unspecified atom stereocenters. The molecule has 1 amide bonds. The molecule has 0 fully saturated rings. The van der Waals surface area contributed by atoms with Crippen molar-refractivity contribution in [3.63, 3.8) is 0 Å². The number of amides is 1. The zero-order chi connectivity index (χ0) is 14.9. The average Bonchev–Trinajstić information content (AvgIpc) is 2.53. The fraction of sp³-hybridized carbons (Fsp3) is 0.278. The van der Waals surface area contributed by atoms with E-state index in [0.717, 1.165) is 24.0 Å². The van der Waals surface area contributed by atoms with Gasteiger partial charge in [0, 0.05) is 25.8 Å². The molecule has 3 nitrogen and oxygen atoms in total. The molecular formula is C18H21NO2. The number of carbonyl (C=O) groups excluding carboxylic acids is 1. The van der Waals surface area contributed by atoms with E-state index in [1.165, 1.54) is 5.56 Å². The maximum absolute atomic E-state index is 12.3. The summed E-state index contributed by atoms with van der Waals surface area (Å²) in [5.41, 5.74) is 3.00. The monoisotopic (exact) mass is 283 g/mol. The highest BCUT2D eigenvalue weighted by Crippen LogP contribution is 2.14. The van der Waals surface area contributed by atoms with Gasteiger partial charge in [-0.05, 0) is 30.0 Å². The van der Waals surface area contributed by atoms with Gasteiger partial charge < -0.3 is 10.1 Å². The number of hydrogen-bond donors (Lipinski definition) is 1. The number of methoxy groups -OCH3 is 1. The first-order chi connectivity index (χ1) is 10.3. The Bertz CT molecular complexity index is 566. The van der Waals surface area contributed by atoms with Crippen molar-refractivity contribution in [1.29, 1.82) is 0 Å². The lowest BCUT2D eigenvalue weighted by molar-refractivity contribution is 0.0948. The van der Waals surface area contributed by atoms with E-state index < -0.39 is 0 Å². The number of nitrogens with one attached hydrogen (secondary N) is 1. The van der Waals surface area contributed by atoms with Crippen molar-refractivity contribution in [2.45, 2.75) is 12.8 Å². The Morgan fingerprint density at radius 1 is 1.05 bits per heavy atom. The van der Waals surface area contributed by atoms with Crippen LogP contribution in [-0.4, -0.2) is 26.2 Å². The lowest BCUT2D eigenvalue weighted by atomic mass is 9.99. The highest BCUT2D eigenvalue weighted by atomic mass is 16.5. The Morgan fingerprint density at radius 3 is 2.52 bits per heavy atom. The van der Waals surface area contributed by atoms with E-state index in [0.29, 0.717) is 13.2 Å². The molecule has 0 heterocycles. The molecule has 0 atom stereocenters. The second kappa shape index (κ2) is 8.22. The summed E-state index contributed by atoms with van der Waals surface area (Å²) < 4.78 is 4.98. The maximum atomic E-state index is 12.3. The molecule has 0 spiro atoms. The van der Waals surface area contributed by atoms with Gasteiger partial charge in [0.25, 0.3) is 5.91 Å². The molecule has 2 aromatic rings. The van der Waals surface area contributed by atoms with Gasteiger partial charge in [0.15, 0.2) is 0 Å². The first-order valence-corrected chi connectivity index (χ1v) is 7.20. The maximum Gasteiger partial charge on any atom is 0.251 e. The molecule has 0 radical (unpaired) electrons. The van der Waals surface area contributed by atoms with E-state index in [1.54, 1.807) is 7.11 Å². The molecule has 110 valence electrons. The van der Waals surface area contributed by atoms with Gasteiger partial charge in [0.1, 0.15) is 0 Å². The fourth-order valence-corrected chi connectivity index (χ4v) is 2.23. The number of carbonyl (C=O) groups is 1. The molecule has 21 heavy (non-hydrogen) atoms. The van der Waals surface area contributed by atoms with Crippen molar-refractivity contribution in [2.24, 2.45) is 0 Å².